The van der Waals surface area contributed by atoms with Crippen molar-refractivity contribution in [1.29, 1.82) is 0 Å². The second kappa shape index (κ2) is 8.59. The molecule has 0 saturated carbocycles. The molecule has 0 N–H and O–H groups in total. The number of aryl methyl sites for hydroxylation is 1. The zero-order chi connectivity index (χ0) is 23.8. The fourth-order valence-electron chi connectivity index (χ4n) is 4.21. The van der Waals surface area contributed by atoms with E-state index in [0.29, 0.717) is 17.2 Å². The number of imide groups is 1. The highest BCUT2D eigenvalue weighted by molar-refractivity contribution is 6.23. The molecule has 1 aliphatic rings. The number of anilines is 1. The SMILES string of the molecule is CC(=O)N(Cc1ccc(C)cc1)C1CC(=O)N(c2ccc(-c3nc4ccccc4o3)cc2)C1=O. The first kappa shape index (κ1) is 21.6. The molecule has 0 aliphatic carbocycles. The second-order valence-corrected chi connectivity index (χ2v) is 8.45. The number of hydrogen-bond donors (Lipinski definition) is 0. The Bertz CT molecular complexity index is 1360. The minimum atomic E-state index is -0.831. The number of para-hydroxylation sites is 2. The predicted octanol–water partition coefficient (Wildman–Crippen LogP) is 4.48. The van der Waals surface area contributed by atoms with E-state index in [4.69, 9.17) is 4.42 Å². The van der Waals surface area contributed by atoms with Crippen molar-refractivity contribution in [3.63, 3.8) is 0 Å². The Morgan fingerprint density at radius 1 is 1.03 bits per heavy atom. The van der Waals surface area contributed by atoms with Crippen LogP contribution in [-0.4, -0.2) is 33.6 Å². The van der Waals surface area contributed by atoms with Crippen molar-refractivity contribution in [2.45, 2.75) is 32.9 Å². The molecule has 7 nitrogen and oxygen atoms in total. The van der Waals surface area contributed by atoms with Crippen molar-refractivity contribution in [3.05, 3.63) is 83.9 Å². The molecule has 3 aromatic carbocycles. The molecule has 0 spiro atoms. The van der Waals surface area contributed by atoms with Gasteiger partial charge in [-0.15, -0.1) is 0 Å². The highest BCUT2D eigenvalue weighted by Crippen LogP contribution is 2.30. The monoisotopic (exact) mass is 453 g/mol. The number of hydrogen-bond acceptors (Lipinski definition) is 5. The quantitative estimate of drug-likeness (QED) is 0.416. The lowest BCUT2D eigenvalue weighted by atomic mass is 10.1. The fourth-order valence-corrected chi connectivity index (χ4v) is 4.21. The smallest absolute Gasteiger partial charge is 0.257 e. The number of aromatic nitrogens is 1. The maximum Gasteiger partial charge on any atom is 0.257 e. The summed E-state index contributed by atoms with van der Waals surface area (Å²) in [6, 6.07) is 21.3. The van der Waals surface area contributed by atoms with Gasteiger partial charge in [-0.25, -0.2) is 9.88 Å². The van der Waals surface area contributed by atoms with Gasteiger partial charge in [-0.3, -0.25) is 14.4 Å². The van der Waals surface area contributed by atoms with E-state index in [1.165, 1.54) is 11.8 Å². The minimum Gasteiger partial charge on any atom is -0.436 e. The van der Waals surface area contributed by atoms with Gasteiger partial charge in [0.05, 0.1) is 12.1 Å². The molecule has 3 amide bonds. The molecular weight excluding hydrogens is 430 g/mol. The topological polar surface area (TPSA) is 83.7 Å². The molecule has 2 heterocycles. The van der Waals surface area contributed by atoms with Crippen molar-refractivity contribution < 1.29 is 18.8 Å². The number of oxazole rings is 1. The Balaban J connectivity index is 1.37. The summed E-state index contributed by atoms with van der Waals surface area (Å²) < 4.78 is 5.80. The lowest BCUT2D eigenvalue weighted by Crippen LogP contribution is -2.44. The molecule has 0 bridgehead atoms. The molecule has 1 fully saturated rings. The van der Waals surface area contributed by atoms with Gasteiger partial charge in [0.25, 0.3) is 5.91 Å². The zero-order valence-electron chi connectivity index (χ0n) is 18.9. The first-order valence-corrected chi connectivity index (χ1v) is 11.1. The van der Waals surface area contributed by atoms with Crippen LogP contribution >= 0.6 is 0 Å². The van der Waals surface area contributed by atoms with E-state index >= 15 is 0 Å². The number of carbonyl (C=O) groups is 3. The number of fused-ring (bicyclic) bond motifs is 1. The van der Waals surface area contributed by atoms with Gasteiger partial charge in [0, 0.05) is 19.0 Å². The average Bonchev–Trinajstić information content (AvgIpc) is 3.39. The highest BCUT2D eigenvalue weighted by Gasteiger charge is 2.43. The van der Waals surface area contributed by atoms with Gasteiger partial charge in [-0.05, 0) is 48.9 Å². The van der Waals surface area contributed by atoms with Crippen LogP contribution < -0.4 is 4.90 Å². The van der Waals surface area contributed by atoms with Crippen LogP contribution in [0, 0.1) is 6.92 Å². The maximum atomic E-state index is 13.3. The van der Waals surface area contributed by atoms with Crippen LogP contribution in [0.4, 0.5) is 5.69 Å². The van der Waals surface area contributed by atoms with Crippen molar-refractivity contribution in [3.8, 4) is 11.5 Å². The first-order chi connectivity index (χ1) is 16.4. The van der Waals surface area contributed by atoms with Crippen molar-refractivity contribution >= 4 is 34.5 Å². The van der Waals surface area contributed by atoms with Crippen LogP contribution in [0.1, 0.15) is 24.5 Å². The van der Waals surface area contributed by atoms with Gasteiger partial charge in [0.1, 0.15) is 11.6 Å². The Morgan fingerprint density at radius 2 is 1.74 bits per heavy atom. The Labute approximate surface area is 196 Å². The summed E-state index contributed by atoms with van der Waals surface area (Å²) in [5.41, 5.74) is 4.65. The normalized spacial score (nSPS) is 15.8. The molecule has 7 heteroatoms. The summed E-state index contributed by atoms with van der Waals surface area (Å²) in [7, 11) is 0. The molecule has 1 unspecified atom stereocenters. The molecule has 1 aromatic heterocycles. The van der Waals surface area contributed by atoms with E-state index in [2.05, 4.69) is 4.98 Å². The molecular formula is C27H23N3O4. The van der Waals surface area contributed by atoms with Crippen molar-refractivity contribution in [2.24, 2.45) is 0 Å². The molecule has 4 aromatic rings. The van der Waals surface area contributed by atoms with Crippen LogP contribution in [0.25, 0.3) is 22.6 Å². The first-order valence-electron chi connectivity index (χ1n) is 11.1. The van der Waals surface area contributed by atoms with Crippen LogP contribution in [0.5, 0.6) is 0 Å². The summed E-state index contributed by atoms with van der Waals surface area (Å²) in [5.74, 6) is -0.521. The Kier molecular flexibility index (Phi) is 5.45. The molecule has 34 heavy (non-hydrogen) atoms. The predicted molar refractivity (Wildman–Crippen MR) is 128 cm³/mol. The van der Waals surface area contributed by atoms with E-state index in [-0.39, 0.29) is 24.8 Å². The number of benzene rings is 3. The second-order valence-electron chi connectivity index (χ2n) is 8.45. The standard InChI is InChI=1S/C27H23N3O4/c1-17-7-9-19(10-8-17)16-29(18(2)31)23-15-25(32)30(27(23)33)21-13-11-20(12-14-21)26-28-22-5-3-4-6-24(22)34-26/h3-14,23H,15-16H2,1-2H3. The van der Waals surface area contributed by atoms with Crippen LogP contribution in [-0.2, 0) is 20.9 Å². The van der Waals surface area contributed by atoms with Crippen LogP contribution in [0.2, 0.25) is 0 Å². The Morgan fingerprint density at radius 3 is 2.41 bits per heavy atom. The van der Waals surface area contributed by atoms with E-state index in [1.54, 1.807) is 24.3 Å². The zero-order valence-corrected chi connectivity index (χ0v) is 18.9. The highest BCUT2D eigenvalue weighted by atomic mass is 16.3. The third-order valence-corrected chi connectivity index (χ3v) is 6.04. The van der Waals surface area contributed by atoms with E-state index in [0.717, 1.165) is 27.1 Å². The molecule has 1 saturated heterocycles. The summed E-state index contributed by atoms with van der Waals surface area (Å²) >= 11 is 0. The number of carbonyl (C=O) groups excluding carboxylic acids is 3. The van der Waals surface area contributed by atoms with E-state index in [1.807, 2.05) is 55.5 Å². The summed E-state index contributed by atoms with van der Waals surface area (Å²) in [6.45, 7) is 3.67. The number of nitrogens with zero attached hydrogens (tertiary/aromatic N) is 3. The van der Waals surface area contributed by atoms with Crippen LogP contribution in [0.15, 0.2) is 77.2 Å². The third kappa shape index (κ3) is 3.96. The average molecular weight is 453 g/mol. The van der Waals surface area contributed by atoms with Gasteiger partial charge in [-0.1, -0.05) is 42.0 Å². The van der Waals surface area contributed by atoms with E-state index < -0.39 is 11.9 Å². The summed E-state index contributed by atoms with van der Waals surface area (Å²) in [4.78, 5) is 45.6. The van der Waals surface area contributed by atoms with Gasteiger partial charge in [-0.2, -0.15) is 0 Å². The lowest BCUT2D eigenvalue weighted by Gasteiger charge is -2.26. The number of rotatable bonds is 5. The molecule has 0 radical (unpaired) electrons. The van der Waals surface area contributed by atoms with Crippen LogP contribution in [0.3, 0.4) is 0 Å². The van der Waals surface area contributed by atoms with Gasteiger partial charge >= 0.3 is 0 Å². The molecule has 170 valence electrons. The Hall–Kier alpha value is -4.26. The van der Waals surface area contributed by atoms with Crippen molar-refractivity contribution in [2.75, 3.05) is 4.90 Å². The number of amides is 3. The van der Waals surface area contributed by atoms with Gasteiger partial charge in [0.15, 0.2) is 5.58 Å². The van der Waals surface area contributed by atoms with Gasteiger partial charge in [0.2, 0.25) is 17.7 Å². The third-order valence-electron chi connectivity index (χ3n) is 6.04. The summed E-state index contributed by atoms with van der Waals surface area (Å²) in [5, 5.41) is 0. The fraction of sp³-hybridized carbons (Fsp3) is 0.185. The van der Waals surface area contributed by atoms with Crippen molar-refractivity contribution in [1.82, 2.24) is 9.88 Å². The molecule has 1 atom stereocenters. The molecule has 1 aliphatic heterocycles. The van der Waals surface area contributed by atoms with E-state index in [9.17, 15) is 14.4 Å². The minimum absolute atomic E-state index is 0.0445. The molecule has 5 rings (SSSR count). The lowest BCUT2D eigenvalue weighted by molar-refractivity contribution is -0.137. The largest absolute Gasteiger partial charge is 0.436 e. The summed E-state index contributed by atoms with van der Waals surface area (Å²) in [6.07, 6.45) is -0.0445. The maximum absolute atomic E-state index is 13.3. The van der Waals surface area contributed by atoms with Gasteiger partial charge < -0.3 is 9.32 Å².